The number of benzene rings is 7. The third kappa shape index (κ3) is 4.70. The molecule has 9 aromatic rings. The summed E-state index contributed by atoms with van der Waals surface area (Å²) in [5, 5.41) is 4.98. The predicted octanol–water partition coefficient (Wildman–Crippen LogP) is 10.6. The molecule has 0 radical (unpaired) electrons. The summed E-state index contributed by atoms with van der Waals surface area (Å²) in [6.07, 6.45) is 0. The van der Waals surface area contributed by atoms with Crippen molar-refractivity contribution in [3.63, 3.8) is 0 Å². The van der Waals surface area contributed by atoms with E-state index >= 15 is 0 Å². The van der Waals surface area contributed by atoms with Gasteiger partial charge in [-0.15, -0.1) is 0 Å². The maximum atomic E-state index is 6.71. The van der Waals surface area contributed by atoms with Crippen LogP contribution in [0.25, 0.3) is 89.5 Å². The molecule has 4 nitrogen and oxygen atoms in total. The van der Waals surface area contributed by atoms with Crippen molar-refractivity contribution in [2.75, 3.05) is 0 Å². The van der Waals surface area contributed by atoms with Gasteiger partial charge >= 0.3 is 286 Å². The zero-order valence-corrected chi connectivity index (χ0v) is 30.1. The number of hydrogen-bond acceptors (Lipinski definition) is 4. The van der Waals surface area contributed by atoms with E-state index in [1.54, 1.807) is 0 Å². The summed E-state index contributed by atoms with van der Waals surface area (Å²) in [7, 11) is -2.57. The summed E-state index contributed by atoms with van der Waals surface area (Å²) < 4.78 is 6.71. The van der Waals surface area contributed by atoms with Gasteiger partial charge in [-0.05, 0) is 0 Å². The molecule has 3 heterocycles. The van der Waals surface area contributed by atoms with E-state index < -0.39 is 8.07 Å². The number of aromatic nitrogens is 3. The first-order valence-corrected chi connectivity index (χ1v) is 21.4. The number of para-hydroxylation sites is 1. The second-order valence-electron chi connectivity index (χ2n) is 14.3. The van der Waals surface area contributed by atoms with Gasteiger partial charge in [0.05, 0.1) is 0 Å². The molecule has 0 fully saturated rings. The molecule has 0 saturated carbocycles. The Morgan fingerprint density at radius 3 is 1.69 bits per heavy atom. The normalized spacial score (nSPS) is 13.6. The summed E-state index contributed by atoms with van der Waals surface area (Å²) in [4.78, 5) is 15.8. The van der Waals surface area contributed by atoms with Crippen LogP contribution in [0.15, 0.2) is 168 Å². The second-order valence-corrected chi connectivity index (χ2v) is 19.2. The molecule has 0 unspecified atom stereocenters. The Morgan fingerprint density at radius 1 is 0.423 bits per heavy atom. The molecule has 7 aromatic carbocycles. The second kappa shape index (κ2) is 11.8. The Bertz CT molecular complexity index is 2810. The van der Waals surface area contributed by atoms with Crippen LogP contribution in [0.3, 0.4) is 0 Å². The summed E-state index contributed by atoms with van der Waals surface area (Å²) in [6, 6.07) is 57.5. The van der Waals surface area contributed by atoms with Crippen LogP contribution in [0.4, 0.5) is 0 Å². The van der Waals surface area contributed by atoms with Gasteiger partial charge in [0.1, 0.15) is 0 Å². The minimum absolute atomic E-state index is 0.592. The SMILES string of the molecule is C[SiH-]1(C)c2ccccc2-c2c(-c3ccccc3)ccc(-c3nc(-c4ccccc4)nc(-c4cccc5c4oc4cccc(-c6ccccc6)c45)n3)c21. The summed E-state index contributed by atoms with van der Waals surface area (Å²) in [6.45, 7) is 4.96. The Labute approximate surface area is 303 Å². The van der Waals surface area contributed by atoms with Gasteiger partial charge in [-0.3, -0.25) is 0 Å². The number of fused-ring (bicyclic) bond motifs is 6. The first kappa shape index (κ1) is 30.4. The molecule has 248 valence electrons. The molecular formula is C47H34N3OSi-. The molecule has 52 heavy (non-hydrogen) atoms. The van der Waals surface area contributed by atoms with Crippen LogP contribution in [-0.4, -0.2) is 23.0 Å². The maximum absolute atomic E-state index is 6.71. The number of hydrogen-bond donors (Lipinski definition) is 0. The molecule has 0 atom stereocenters. The number of rotatable bonds is 5. The fourth-order valence-electron chi connectivity index (χ4n) is 8.44. The van der Waals surface area contributed by atoms with E-state index in [1.165, 1.54) is 32.6 Å². The van der Waals surface area contributed by atoms with E-state index in [2.05, 4.69) is 147 Å². The minimum atomic E-state index is -2.57. The molecule has 0 spiro atoms. The first-order valence-electron chi connectivity index (χ1n) is 17.9. The van der Waals surface area contributed by atoms with Crippen LogP contribution < -0.4 is 10.4 Å². The van der Waals surface area contributed by atoms with E-state index in [9.17, 15) is 0 Å². The van der Waals surface area contributed by atoms with Crippen molar-refractivity contribution in [1.82, 2.24) is 15.0 Å². The van der Waals surface area contributed by atoms with Crippen molar-refractivity contribution >= 4 is 40.4 Å². The van der Waals surface area contributed by atoms with Crippen LogP contribution in [0.5, 0.6) is 0 Å². The quantitative estimate of drug-likeness (QED) is 0.169. The first-order chi connectivity index (χ1) is 25.6. The molecule has 0 saturated heterocycles. The average Bonchev–Trinajstić information content (AvgIpc) is 3.71. The van der Waals surface area contributed by atoms with Crippen molar-refractivity contribution in [2.45, 2.75) is 13.1 Å². The van der Waals surface area contributed by atoms with Crippen LogP contribution in [-0.2, 0) is 0 Å². The molecule has 0 amide bonds. The summed E-state index contributed by atoms with van der Waals surface area (Å²) in [5.41, 5.74) is 11.8. The molecule has 0 N–H and O–H groups in total. The summed E-state index contributed by atoms with van der Waals surface area (Å²) in [5.74, 6) is 1.91. The molecule has 0 bridgehead atoms. The van der Waals surface area contributed by atoms with Crippen molar-refractivity contribution < 1.29 is 4.42 Å². The van der Waals surface area contributed by atoms with E-state index in [0.717, 1.165) is 49.8 Å². The zero-order chi connectivity index (χ0) is 34.8. The Balaban J connectivity index is 1.24. The molecule has 1 aliphatic heterocycles. The number of furan rings is 1. The van der Waals surface area contributed by atoms with Crippen LogP contribution in [0, 0.1) is 0 Å². The van der Waals surface area contributed by atoms with Crippen molar-refractivity contribution in [2.24, 2.45) is 0 Å². The van der Waals surface area contributed by atoms with Crippen molar-refractivity contribution in [1.29, 1.82) is 0 Å². The topological polar surface area (TPSA) is 51.8 Å². The molecule has 5 heteroatoms. The fraction of sp³-hybridized carbons (Fsp3) is 0.0426. The average molecular weight is 685 g/mol. The van der Waals surface area contributed by atoms with Gasteiger partial charge in [-0.25, -0.2) is 0 Å². The van der Waals surface area contributed by atoms with Crippen molar-refractivity contribution in [3.05, 3.63) is 164 Å². The Morgan fingerprint density at radius 2 is 0.962 bits per heavy atom. The van der Waals surface area contributed by atoms with Gasteiger partial charge in [-0.1, -0.05) is 18.2 Å². The third-order valence-corrected chi connectivity index (χ3v) is 14.9. The monoisotopic (exact) mass is 684 g/mol. The zero-order valence-electron chi connectivity index (χ0n) is 28.9. The third-order valence-electron chi connectivity index (χ3n) is 10.8. The van der Waals surface area contributed by atoms with Gasteiger partial charge in [0.15, 0.2) is 0 Å². The van der Waals surface area contributed by atoms with Gasteiger partial charge in [0, 0.05) is 0 Å². The Hall–Kier alpha value is -6.43. The Kier molecular flexibility index (Phi) is 6.91. The van der Waals surface area contributed by atoms with Gasteiger partial charge < -0.3 is 0 Å². The van der Waals surface area contributed by atoms with Gasteiger partial charge in [0.25, 0.3) is 0 Å². The molecule has 1 aliphatic rings. The van der Waals surface area contributed by atoms with Crippen LogP contribution >= 0.6 is 0 Å². The molecule has 2 aromatic heterocycles. The number of nitrogens with zero attached hydrogens (tertiary/aromatic N) is 3. The fourth-order valence-corrected chi connectivity index (χ4v) is 12.4. The predicted molar refractivity (Wildman–Crippen MR) is 218 cm³/mol. The van der Waals surface area contributed by atoms with E-state index in [4.69, 9.17) is 19.4 Å². The van der Waals surface area contributed by atoms with Crippen LogP contribution in [0.1, 0.15) is 0 Å². The van der Waals surface area contributed by atoms with Crippen molar-refractivity contribution in [3.8, 4) is 67.5 Å². The van der Waals surface area contributed by atoms with Crippen LogP contribution in [0.2, 0.25) is 13.1 Å². The van der Waals surface area contributed by atoms with E-state index in [1.807, 2.05) is 30.3 Å². The summed E-state index contributed by atoms with van der Waals surface area (Å²) >= 11 is 0. The molecular weight excluding hydrogens is 651 g/mol. The molecule has 0 aliphatic carbocycles. The van der Waals surface area contributed by atoms with E-state index in [0.29, 0.717) is 17.5 Å². The standard InChI is InChI=1S/C47H34N3OSi/c1-52(2)40-27-13-12-22-35(40)42-34(31-18-8-4-9-19-31)28-29-38(44(42)52)47-49-45(32-20-10-5-11-21-32)48-46(50-47)37-25-14-24-36-41-33(30-16-6-3-7-17-30)23-15-26-39(41)51-43(36)37/h3-29,52H,1-2H3/q-1. The van der Waals surface area contributed by atoms with Gasteiger partial charge in [-0.2, -0.15) is 0 Å². The molecule has 10 rings (SSSR count). The van der Waals surface area contributed by atoms with Gasteiger partial charge in [0.2, 0.25) is 0 Å². The van der Waals surface area contributed by atoms with E-state index in [-0.39, 0.29) is 0 Å².